The highest BCUT2D eigenvalue weighted by Crippen LogP contribution is 2.39. The molecule has 33 heavy (non-hydrogen) atoms. The van der Waals surface area contributed by atoms with Crippen molar-refractivity contribution in [1.82, 2.24) is 4.90 Å². The molecule has 2 aliphatic rings. The third-order valence-corrected chi connectivity index (χ3v) is 5.29. The minimum absolute atomic E-state index is 0.0389. The van der Waals surface area contributed by atoms with Gasteiger partial charge in [-0.2, -0.15) is 13.2 Å². The van der Waals surface area contributed by atoms with E-state index in [1.54, 1.807) is 0 Å². The number of benzene rings is 1. The van der Waals surface area contributed by atoms with E-state index in [1.807, 2.05) is 0 Å². The first-order valence-electron chi connectivity index (χ1n) is 10.2. The molecule has 3 rings (SSSR count). The number of ether oxygens (including phenoxy) is 1. The van der Waals surface area contributed by atoms with Crippen LogP contribution in [0.5, 0.6) is 0 Å². The Labute approximate surface area is 185 Å². The van der Waals surface area contributed by atoms with E-state index in [4.69, 9.17) is 10.5 Å². The maximum Gasteiger partial charge on any atom is 0.418 e. The van der Waals surface area contributed by atoms with Crippen LogP contribution in [-0.2, 0) is 25.3 Å². The monoisotopic (exact) mass is 478 g/mol. The summed E-state index contributed by atoms with van der Waals surface area (Å²) in [4.78, 5) is 38.5. The molecule has 3 N–H and O–H groups in total. The van der Waals surface area contributed by atoms with Crippen LogP contribution in [0.3, 0.4) is 0 Å². The van der Waals surface area contributed by atoms with Crippen LogP contribution in [0.15, 0.2) is 18.2 Å². The molecular formula is C20H23F5N4O4. The summed E-state index contributed by atoms with van der Waals surface area (Å²) in [7, 11) is 0. The van der Waals surface area contributed by atoms with Crippen LogP contribution in [0.25, 0.3) is 0 Å². The summed E-state index contributed by atoms with van der Waals surface area (Å²) >= 11 is 0. The van der Waals surface area contributed by atoms with E-state index in [0.717, 1.165) is 34.8 Å². The number of nitrogens with one attached hydrogen (secondary N) is 1. The van der Waals surface area contributed by atoms with Crippen molar-refractivity contribution in [3.8, 4) is 0 Å². The fourth-order valence-electron chi connectivity index (χ4n) is 3.63. The van der Waals surface area contributed by atoms with E-state index in [1.165, 1.54) is 0 Å². The second-order valence-electron chi connectivity index (χ2n) is 7.91. The fourth-order valence-corrected chi connectivity index (χ4v) is 3.63. The molecule has 1 saturated heterocycles. The molecule has 8 nitrogen and oxygen atoms in total. The van der Waals surface area contributed by atoms with Crippen molar-refractivity contribution in [3.63, 3.8) is 0 Å². The van der Waals surface area contributed by atoms with Gasteiger partial charge in [-0.15, -0.1) is 0 Å². The number of nitrogens with two attached hydrogens (primary N) is 1. The zero-order valence-corrected chi connectivity index (χ0v) is 17.4. The number of hydrogen-bond acceptors (Lipinski definition) is 5. The van der Waals surface area contributed by atoms with Gasteiger partial charge in [-0.25, -0.2) is 8.78 Å². The van der Waals surface area contributed by atoms with Crippen LogP contribution in [0.2, 0.25) is 0 Å². The second kappa shape index (κ2) is 10.00. The first kappa shape index (κ1) is 24.8. The maximum atomic E-state index is 13.7. The molecule has 3 amide bonds. The van der Waals surface area contributed by atoms with Gasteiger partial charge in [0.05, 0.1) is 24.4 Å². The number of primary amides is 1. The van der Waals surface area contributed by atoms with Crippen LogP contribution < -0.4 is 16.0 Å². The molecule has 1 aliphatic heterocycles. The normalized spacial score (nSPS) is 18.0. The van der Waals surface area contributed by atoms with Crippen LogP contribution in [0.4, 0.5) is 33.3 Å². The molecule has 1 atom stereocenters. The Kier molecular flexibility index (Phi) is 7.52. The Morgan fingerprint density at radius 3 is 2.52 bits per heavy atom. The summed E-state index contributed by atoms with van der Waals surface area (Å²) in [6, 6.07) is 0.977. The molecule has 2 fully saturated rings. The standard InChI is InChI=1S/C20H23F5N4O4/c21-15(22)9-28(8-11-1-2-11)17(18(26)31)19(32)27-12-3-4-14(13(7-12)20(23,24)25)29-5-6-33-10-16(29)30/h3-4,7,11,15,17H,1-2,5-6,8-10H2,(H2,26,31)(H,27,32)/t17-/m1/s1. The number of hydrogen-bond donors (Lipinski definition) is 2. The molecule has 0 bridgehead atoms. The van der Waals surface area contributed by atoms with Crippen molar-refractivity contribution in [2.45, 2.75) is 31.5 Å². The molecule has 0 unspecified atom stereocenters. The van der Waals surface area contributed by atoms with Gasteiger partial charge in [0, 0.05) is 18.8 Å². The van der Waals surface area contributed by atoms with Crippen LogP contribution in [-0.4, -0.2) is 67.9 Å². The molecular weight excluding hydrogens is 455 g/mol. The summed E-state index contributed by atoms with van der Waals surface area (Å²) in [6.07, 6.45) is -6.21. The lowest BCUT2D eigenvalue weighted by atomic mass is 10.1. The number of carbonyl (C=O) groups excluding carboxylic acids is 3. The Balaban J connectivity index is 1.86. The highest BCUT2D eigenvalue weighted by molar-refractivity contribution is 6.09. The predicted molar refractivity (Wildman–Crippen MR) is 107 cm³/mol. The topological polar surface area (TPSA) is 105 Å². The van der Waals surface area contributed by atoms with Crippen molar-refractivity contribution in [2.24, 2.45) is 11.7 Å². The fraction of sp³-hybridized carbons (Fsp3) is 0.550. The van der Waals surface area contributed by atoms with Crippen LogP contribution >= 0.6 is 0 Å². The number of morpholine rings is 1. The number of halogens is 5. The van der Waals surface area contributed by atoms with E-state index < -0.39 is 54.2 Å². The van der Waals surface area contributed by atoms with Gasteiger partial charge in [-0.3, -0.25) is 19.3 Å². The predicted octanol–water partition coefficient (Wildman–Crippen LogP) is 1.84. The number of rotatable bonds is 9. The zero-order chi connectivity index (χ0) is 24.3. The summed E-state index contributed by atoms with van der Waals surface area (Å²) in [5.74, 6) is -2.92. The van der Waals surface area contributed by atoms with Gasteiger partial charge in [0.1, 0.15) is 6.61 Å². The molecule has 0 spiro atoms. The van der Waals surface area contributed by atoms with Crippen LogP contribution in [0.1, 0.15) is 18.4 Å². The Bertz CT molecular complexity index is 903. The van der Waals surface area contributed by atoms with Gasteiger partial charge in [0.25, 0.3) is 18.2 Å². The molecule has 1 saturated carbocycles. The average Bonchev–Trinajstić information content (AvgIpc) is 3.51. The van der Waals surface area contributed by atoms with Crippen molar-refractivity contribution >= 4 is 29.1 Å². The van der Waals surface area contributed by atoms with Crippen molar-refractivity contribution in [1.29, 1.82) is 0 Å². The number of amides is 3. The van der Waals surface area contributed by atoms with Gasteiger partial charge >= 0.3 is 6.18 Å². The number of nitrogens with zero attached hydrogens (tertiary/aromatic N) is 2. The Morgan fingerprint density at radius 2 is 1.97 bits per heavy atom. The minimum Gasteiger partial charge on any atom is -0.370 e. The smallest absolute Gasteiger partial charge is 0.370 e. The lowest BCUT2D eigenvalue weighted by molar-refractivity contribution is -0.138. The Morgan fingerprint density at radius 1 is 1.27 bits per heavy atom. The van der Waals surface area contributed by atoms with Gasteiger partial charge in [-0.05, 0) is 37.0 Å². The Hall–Kier alpha value is -2.80. The highest BCUT2D eigenvalue weighted by Gasteiger charge is 2.39. The molecule has 0 radical (unpaired) electrons. The van der Waals surface area contributed by atoms with Gasteiger partial charge in [0.2, 0.25) is 5.91 Å². The minimum atomic E-state index is -4.87. The maximum absolute atomic E-state index is 13.7. The molecule has 182 valence electrons. The number of anilines is 2. The molecule has 0 aromatic heterocycles. The SMILES string of the molecule is NC(=O)[C@H](C(=O)Nc1ccc(N2CCOCC2=O)c(C(F)(F)F)c1)N(CC(F)F)CC1CC1. The third kappa shape index (κ3) is 6.38. The van der Waals surface area contributed by atoms with Crippen molar-refractivity contribution in [3.05, 3.63) is 23.8 Å². The number of carbonyl (C=O) groups is 3. The summed E-state index contributed by atoms with van der Waals surface area (Å²) < 4.78 is 72.1. The third-order valence-electron chi connectivity index (χ3n) is 5.29. The zero-order valence-electron chi connectivity index (χ0n) is 17.4. The van der Waals surface area contributed by atoms with E-state index in [2.05, 4.69) is 5.32 Å². The lowest BCUT2D eigenvalue weighted by Gasteiger charge is -2.30. The van der Waals surface area contributed by atoms with Crippen molar-refractivity contribution < 1.29 is 41.1 Å². The molecule has 1 aliphatic carbocycles. The first-order valence-corrected chi connectivity index (χ1v) is 10.2. The molecule has 13 heteroatoms. The second-order valence-corrected chi connectivity index (χ2v) is 7.91. The molecule has 1 aromatic carbocycles. The van der Waals surface area contributed by atoms with Gasteiger partial charge in [-0.1, -0.05) is 0 Å². The molecule has 1 heterocycles. The quantitative estimate of drug-likeness (QED) is 0.416. The number of alkyl halides is 5. The molecule has 1 aromatic rings. The van der Waals surface area contributed by atoms with Gasteiger partial charge in [0.15, 0.2) is 6.04 Å². The van der Waals surface area contributed by atoms with Gasteiger partial charge < -0.3 is 20.7 Å². The van der Waals surface area contributed by atoms with E-state index in [0.29, 0.717) is 6.07 Å². The van der Waals surface area contributed by atoms with E-state index in [-0.39, 0.29) is 37.9 Å². The largest absolute Gasteiger partial charge is 0.418 e. The highest BCUT2D eigenvalue weighted by atomic mass is 19.4. The van der Waals surface area contributed by atoms with E-state index >= 15 is 0 Å². The average molecular weight is 478 g/mol. The lowest BCUT2D eigenvalue weighted by Crippen LogP contribution is -2.54. The first-order chi connectivity index (χ1) is 15.5. The summed E-state index contributed by atoms with van der Waals surface area (Å²) in [5, 5.41) is 2.17. The van der Waals surface area contributed by atoms with Crippen LogP contribution in [0, 0.1) is 5.92 Å². The van der Waals surface area contributed by atoms with E-state index in [9.17, 15) is 36.3 Å². The summed E-state index contributed by atoms with van der Waals surface area (Å²) in [6.45, 7) is -1.23. The van der Waals surface area contributed by atoms with Crippen molar-refractivity contribution in [2.75, 3.05) is 43.1 Å². The summed E-state index contributed by atoms with van der Waals surface area (Å²) in [5.41, 5.74) is 3.35.